The minimum Gasteiger partial charge on any atom is -0.350 e. The minimum absolute atomic E-state index is 0.0563. The van der Waals surface area contributed by atoms with Crippen molar-refractivity contribution in [2.45, 2.75) is 38.1 Å². The van der Waals surface area contributed by atoms with Crippen molar-refractivity contribution in [3.8, 4) is 0 Å². The number of piperidine rings is 1. The van der Waals surface area contributed by atoms with Gasteiger partial charge in [-0.25, -0.2) is 3.11 Å². The topological polar surface area (TPSA) is 21.7 Å². The minimum atomic E-state index is 0.0563. The molecule has 2 aliphatic heterocycles. The van der Waals surface area contributed by atoms with Gasteiger partial charge in [0.15, 0.2) is 6.29 Å². The number of rotatable bonds is 1. The average molecular weight is 297 g/mol. The van der Waals surface area contributed by atoms with Gasteiger partial charge in [-0.15, -0.1) is 0 Å². The lowest BCUT2D eigenvalue weighted by atomic mass is 9.94. The zero-order chi connectivity index (χ0) is 9.31. The first-order valence-corrected chi connectivity index (χ1v) is 5.91. The maximum atomic E-state index is 5.94. The van der Waals surface area contributed by atoms with Crippen LogP contribution in [-0.4, -0.2) is 34.7 Å². The quantitative estimate of drug-likeness (QED) is 0.545. The Balaban J connectivity index is 1.92. The van der Waals surface area contributed by atoms with Crippen molar-refractivity contribution >= 4 is 22.9 Å². The average Bonchev–Trinajstić information content (AvgIpc) is 2.55. The first kappa shape index (κ1) is 10.1. The van der Waals surface area contributed by atoms with Gasteiger partial charge >= 0.3 is 0 Å². The molecule has 76 valence electrons. The van der Waals surface area contributed by atoms with E-state index in [4.69, 9.17) is 9.47 Å². The third-order valence-electron chi connectivity index (χ3n) is 2.87. The molecule has 0 saturated carbocycles. The largest absolute Gasteiger partial charge is 0.350 e. The Morgan fingerprint density at radius 2 is 2.15 bits per heavy atom. The van der Waals surface area contributed by atoms with Gasteiger partial charge in [-0.3, -0.25) is 0 Å². The normalized spacial score (nSPS) is 34.2. The highest BCUT2D eigenvalue weighted by Crippen LogP contribution is 2.35. The van der Waals surface area contributed by atoms with E-state index in [1.54, 1.807) is 0 Å². The molecule has 0 radical (unpaired) electrons. The van der Waals surface area contributed by atoms with E-state index in [1.165, 1.54) is 0 Å². The SMILES string of the molecule is CCC1OCC2(CCN(I)CC2)O1. The van der Waals surface area contributed by atoms with Gasteiger partial charge in [-0.1, -0.05) is 6.92 Å². The number of nitrogens with zero attached hydrogens (tertiary/aromatic N) is 1. The molecule has 1 spiro atoms. The molecule has 0 aromatic carbocycles. The van der Waals surface area contributed by atoms with Gasteiger partial charge in [0.2, 0.25) is 0 Å². The van der Waals surface area contributed by atoms with Gasteiger partial charge < -0.3 is 9.47 Å². The molecule has 4 heteroatoms. The van der Waals surface area contributed by atoms with Crippen LogP contribution in [0.2, 0.25) is 0 Å². The molecule has 0 bridgehead atoms. The summed E-state index contributed by atoms with van der Waals surface area (Å²) in [6.07, 6.45) is 3.26. The van der Waals surface area contributed by atoms with Gasteiger partial charge in [0, 0.05) is 36.0 Å². The molecule has 2 heterocycles. The van der Waals surface area contributed by atoms with Crippen molar-refractivity contribution < 1.29 is 9.47 Å². The van der Waals surface area contributed by atoms with Crippen molar-refractivity contribution in [1.29, 1.82) is 0 Å². The van der Waals surface area contributed by atoms with Gasteiger partial charge in [0.1, 0.15) is 0 Å². The molecule has 2 aliphatic rings. The van der Waals surface area contributed by atoms with Crippen molar-refractivity contribution in [3.63, 3.8) is 0 Å². The smallest absolute Gasteiger partial charge is 0.158 e. The predicted octanol–water partition coefficient (Wildman–Crippen LogP) is 1.95. The summed E-state index contributed by atoms with van der Waals surface area (Å²) < 4.78 is 13.8. The Hall–Kier alpha value is 0.610. The maximum Gasteiger partial charge on any atom is 0.158 e. The summed E-state index contributed by atoms with van der Waals surface area (Å²) >= 11 is 2.38. The van der Waals surface area contributed by atoms with Gasteiger partial charge in [0.05, 0.1) is 12.2 Å². The highest BCUT2D eigenvalue weighted by atomic mass is 127. The summed E-state index contributed by atoms with van der Waals surface area (Å²) in [6, 6.07) is 0. The number of hydrogen-bond acceptors (Lipinski definition) is 3. The van der Waals surface area contributed by atoms with Crippen molar-refractivity contribution in [2.24, 2.45) is 0 Å². The molecule has 2 saturated heterocycles. The second-order valence-electron chi connectivity index (χ2n) is 3.86. The first-order chi connectivity index (χ1) is 6.24. The Bertz CT molecular complexity index is 180. The first-order valence-electron chi connectivity index (χ1n) is 4.94. The van der Waals surface area contributed by atoms with Crippen LogP contribution in [-0.2, 0) is 9.47 Å². The molecule has 1 unspecified atom stereocenters. The molecule has 1 atom stereocenters. The van der Waals surface area contributed by atoms with E-state index in [2.05, 4.69) is 32.9 Å². The van der Waals surface area contributed by atoms with Crippen LogP contribution in [0.3, 0.4) is 0 Å². The molecule has 2 fully saturated rings. The fourth-order valence-electron chi connectivity index (χ4n) is 1.94. The summed E-state index contributed by atoms with van der Waals surface area (Å²) in [7, 11) is 0. The third-order valence-corrected chi connectivity index (χ3v) is 3.83. The lowest BCUT2D eigenvalue weighted by Gasteiger charge is -2.34. The molecule has 0 aromatic rings. The molecular weight excluding hydrogens is 281 g/mol. The van der Waals surface area contributed by atoms with Gasteiger partial charge in [0.25, 0.3) is 0 Å². The van der Waals surface area contributed by atoms with Gasteiger partial charge in [-0.05, 0) is 19.3 Å². The molecule has 3 nitrogen and oxygen atoms in total. The van der Waals surface area contributed by atoms with E-state index in [9.17, 15) is 0 Å². The zero-order valence-electron chi connectivity index (χ0n) is 7.96. The van der Waals surface area contributed by atoms with Crippen LogP contribution >= 0.6 is 22.9 Å². The fraction of sp³-hybridized carbons (Fsp3) is 1.00. The van der Waals surface area contributed by atoms with Crippen LogP contribution < -0.4 is 0 Å². The number of halogens is 1. The summed E-state index contributed by atoms with van der Waals surface area (Å²) in [6.45, 7) is 5.16. The molecule has 0 amide bonds. The van der Waals surface area contributed by atoms with E-state index in [-0.39, 0.29) is 11.9 Å². The lowest BCUT2D eigenvalue weighted by molar-refractivity contribution is -0.101. The Morgan fingerprint density at radius 3 is 2.69 bits per heavy atom. The standard InChI is InChI=1S/C9H16INO2/c1-2-8-12-7-9(13-8)3-5-11(10)6-4-9/h8H,2-7H2,1H3. The fourth-order valence-corrected chi connectivity index (χ4v) is 2.42. The molecule has 0 aromatic heterocycles. The van der Waals surface area contributed by atoms with Gasteiger partial charge in [-0.2, -0.15) is 0 Å². The summed E-state index contributed by atoms with van der Waals surface area (Å²) in [5, 5.41) is 0. The zero-order valence-corrected chi connectivity index (χ0v) is 10.1. The Labute approximate surface area is 93.3 Å². The van der Waals surface area contributed by atoms with Crippen LogP contribution in [0.4, 0.5) is 0 Å². The number of ether oxygens (including phenoxy) is 2. The van der Waals surface area contributed by atoms with Crippen LogP contribution in [0, 0.1) is 0 Å². The van der Waals surface area contributed by atoms with Crippen LogP contribution in [0.1, 0.15) is 26.2 Å². The van der Waals surface area contributed by atoms with E-state index in [1.807, 2.05) is 0 Å². The van der Waals surface area contributed by atoms with Crippen molar-refractivity contribution in [1.82, 2.24) is 3.11 Å². The van der Waals surface area contributed by atoms with Crippen LogP contribution in [0.15, 0.2) is 0 Å². The van der Waals surface area contributed by atoms with Crippen molar-refractivity contribution in [2.75, 3.05) is 19.7 Å². The van der Waals surface area contributed by atoms with E-state index in [0.717, 1.165) is 39.0 Å². The van der Waals surface area contributed by atoms with Crippen molar-refractivity contribution in [3.05, 3.63) is 0 Å². The Morgan fingerprint density at radius 1 is 1.46 bits per heavy atom. The summed E-state index contributed by atoms with van der Waals surface area (Å²) in [4.78, 5) is 0. The van der Waals surface area contributed by atoms with E-state index < -0.39 is 0 Å². The van der Waals surface area contributed by atoms with Crippen LogP contribution in [0.25, 0.3) is 0 Å². The Kier molecular flexibility index (Phi) is 3.12. The molecule has 0 aliphatic carbocycles. The molecule has 2 rings (SSSR count). The monoisotopic (exact) mass is 297 g/mol. The molecule has 13 heavy (non-hydrogen) atoms. The highest BCUT2D eigenvalue weighted by Gasteiger charge is 2.42. The molecule has 0 N–H and O–H groups in total. The second kappa shape index (κ2) is 4.00. The predicted molar refractivity (Wildman–Crippen MR) is 58.7 cm³/mol. The summed E-state index contributed by atoms with van der Waals surface area (Å²) in [5.41, 5.74) is 0.0579. The summed E-state index contributed by atoms with van der Waals surface area (Å²) in [5.74, 6) is 0. The van der Waals surface area contributed by atoms with E-state index in [0.29, 0.717) is 0 Å². The highest BCUT2D eigenvalue weighted by molar-refractivity contribution is 14.1. The van der Waals surface area contributed by atoms with E-state index >= 15 is 0 Å². The second-order valence-corrected chi connectivity index (χ2v) is 5.22. The number of hydrogen-bond donors (Lipinski definition) is 0. The maximum absolute atomic E-state index is 5.94. The molecular formula is C9H16INO2. The third kappa shape index (κ3) is 2.16. The van der Waals surface area contributed by atoms with Crippen LogP contribution in [0.5, 0.6) is 0 Å². The lowest BCUT2D eigenvalue weighted by Crippen LogP contribution is -2.42.